The summed E-state index contributed by atoms with van der Waals surface area (Å²) in [6, 6.07) is 33.9. The molecule has 0 saturated heterocycles. The van der Waals surface area contributed by atoms with Crippen molar-refractivity contribution in [1.29, 1.82) is 0 Å². The molecule has 5 rings (SSSR count). The van der Waals surface area contributed by atoms with Crippen LogP contribution in [0.3, 0.4) is 0 Å². The molecule has 0 heterocycles. The number of nitrogens with one attached hydrogen (secondary N) is 1. The molecule has 0 radical (unpaired) electrons. The highest BCUT2D eigenvalue weighted by atomic mass is 35.5. The highest BCUT2D eigenvalue weighted by Crippen LogP contribution is 2.32. The largest absolute Gasteiger partial charge is 0.492 e. The summed E-state index contributed by atoms with van der Waals surface area (Å²) in [4.78, 5) is 13.0. The second kappa shape index (κ2) is 14.1. The Kier molecular flexibility index (Phi) is 9.79. The van der Waals surface area contributed by atoms with Gasteiger partial charge in [0, 0.05) is 5.02 Å². The van der Waals surface area contributed by atoms with E-state index in [0.29, 0.717) is 29.7 Å². The van der Waals surface area contributed by atoms with E-state index in [1.54, 1.807) is 31.2 Å². The molecule has 0 saturated carbocycles. The Morgan fingerprint density at radius 2 is 1.57 bits per heavy atom. The average molecular weight is 628 g/mol. The Morgan fingerprint density at radius 3 is 2.34 bits per heavy atom. The molecule has 0 bridgehead atoms. The second-order valence-corrected chi connectivity index (χ2v) is 12.0. The minimum Gasteiger partial charge on any atom is -0.492 e. The number of para-hydroxylation sites is 2. The first-order chi connectivity index (χ1) is 21.3. The van der Waals surface area contributed by atoms with E-state index >= 15 is 0 Å². The Hall–Kier alpha value is -4.86. The Balaban J connectivity index is 1.25. The smallest absolute Gasteiger partial charge is 0.264 e. The third kappa shape index (κ3) is 7.37. The molecule has 8 nitrogen and oxygen atoms in total. The van der Waals surface area contributed by atoms with E-state index in [9.17, 15) is 13.2 Å². The SMILES string of the molecule is CCOc1ccccc1N(CC(=O)N/N=C\c1ccc(OCc2cccc3ccccc23)cc1)S(=O)(=O)c1ccc(Cl)cc1. The van der Waals surface area contributed by atoms with E-state index in [0.717, 1.165) is 26.2 Å². The first kappa shape index (κ1) is 30.6. The second-order valence-electron chi connectivity index (χ2n) is 9.66. The molecule has 5 aromatic carbocycles. The summed E-state index contributed by atoms with van der Waals surface area (Å²) >= 11 is 5.97. The maximum absolute atomic E-state index is 13.7. The lowest BCUT2D eigenvalue weighted by Crippen LogP contribution is -2.39. The van der Waals surface area contributed by atoms with Crippen LogP contribution in [0.25, 0.3) is 10.8 Å². The van der Waals surface area contributed by atoms with Gasteiger partial charge in [0.15, 0.2) is 0 Å². The summed E-state index contributed by atoms with van der Waals surface area (Å²) in [7, 11) is -4.16. The molecule has 224 valence electrons. The van der Waals surface area contributed by atoms with Crippen LogP contribution < -0.4 is 19.2 Å². The molecule has 5 aromatic rings. The number of nitrogens with zero attached hydrogens (tertiary/aromatic N) is 2. The predicted molar refractivity (Wildman–Crippen MR) is 174 cm³/mol. The number of rotatable bonds is 12. The summed E-state index contributed by atoms with van der Waals surface area (Å²) in [6.45, 7) is 2.00. The standard InChI is InChI=1S/C34H30ClN3O5S/c1-2-42-33-13-6-5-12-32(33)38(44(40,41)30-20-16-28(35)17-21-30)23-34(39)37-36-22-25-14-18-29(19-15-25)43-24-27-10-7-9-26-8-3-4-11-31(26)27/h3-22H,2,23-24H2,1H3,(H,37,39)/b36-22-. The molecule has 10 heteroatoms. The van der Waals surface area contributed by atoms with Gasteiger partial charge in [-0.3, -0.25) is 9.10 Å². The van der Waals surface area contributed by atoms with Crippen molar-refractivity contribution in [3.63, 3.8) is 0 Å². The molecule has 44 heavy (non-hydrogen) atoms. The number of hydrogen-bond acceptors (Lipinski definition) is 6. The minimum absolute atomic E-state index is 0.0211. The number of amides is 1. The molecular formula is C34H30ClN3O5S. The third-order valence-electron chi connectivity index (χ3n) is 6.68. The minimum atomic E-state index is -4.16. The molecule has 0 aliphatic rings. The van der Waals surface area contributed by atoms with E-state index in [2.05, 4.69) is 28.7 Å². The molecule has 1 amide bonds. The van der Waals surface area contributed by atoms with Gasteiger partial charge in [-0.25, -0.2) is 13.8 Å². The monoisotopic (exact) mass is 627 g/mol. The number of sulfonamides is 1. The van der Waals surface area contributed by atoms with Gasteiger partial charge in [0.05, 0.1) is 23.4 Å². The molecule has 1 N–H and O–H groups in total. The van der Waals surface area contributed by atoms with Crippen LogP contribution in [0.15, 0.2) is 125 Å². The molecule has 0 aliphatic heterocycles. The van der Waals surface area contributed by atoms with Gasteiger partial charge in [-0.1, -0.05) is 66.2 Å². The van der Waals surface area contributed by atoms with Gasteiger partial charge >= 0.3 is 0 Å². The lowest BCUT2D eigenvalue weighted by atomic mass is 10.1. The van der Waals surface area contributed by atoms with E-state index in [-0.39, 0.29) is 10.6 Å². The molecule has 0 spiro atoms. The van der Waals surface area contributed by atoms with Crippen molar-refractivity contribution in [2.45, 2.75) is 18.4 Å². The number of halogens is 1. The van der Waals surface area contributed by atoms with Crippen LogP contribution in [0.2, 0.25) is 5.02 Å². The quantitative estimate of drug-likeness (QED) is 0.121. The lowest BCUT2D eigenvalue weighted by Gasteiger charge is -2.25. The molecule has 0 aliphatic carbocycles. The highest BCUT2D eigenvalue weighted by Gasteiger charge is 2.29. The number of carbonyl (C=O) groups is 1. The normalized spacial score (nSPS) is 11.4. The van der Waals surface area contributed by atoms with E-state index in [1.165, 1.54) is 30.5 Å². The first-order valence-electron chi connectivity index (χ1n) is 13.9. The zero-order valence-corrected chi connectivity index (χ0v) is 25.5. The number of hydrogen-bond donors (Lipinski definition) is 1. The highest BCUT2D eigenvalue weighted by molar-refractivity contribution is 7.92. The van der Waals surface area contributed by atoms with Crippen LogP contribution in [-0.2, 0) is 21.4 Å². The summed E-state index contributed by atoms with van der Waals surface area (Å²) in [5.41, 5.74) is 4.46. The van der Waals surface area contributed by atoms with Gasteiger partial charge in [-0.05, 0) is 89.5 Å². The predicted octanol–water partition coefficient (Wildman–Crippen LogP) is 6.82. The number of anilines is 1. The van der Waals surface area contributed by atoms with Crippen molar-refractivity contribution in [2.75, 3.05) is 17.5 Å². The molecule has 0 atom stereocenters. The van der Waals surface area contributed by atoms with Gasteiger partial charge in [0.1, 0.15) is 24.7 Å². The third-order valence-corrected chi connectivity index (χ3v) is 8.71. The number of hydrazone groups is 1. The topological polar surface area (TPSA) is 97.3 Å². The number of ether oxygens (including phenoxy) is 2. The fourth-order valence-electron chi connectivity index (χ4n) is 4.55. The molecular weight excluding hydrogens is 598 g/mol. The molecule has 0 unspecified atom stereocenters. The molecule has 0 aromatic heterocycles. The van der Waals surface area contributed by atoms with Crippen LogP contribution >= 0.6 is 11.6 Å². The van der Waals surface area contributed by atoms with Gasteiger partial charge in [-0.2, -0.15) is 5.10 Å². The summed E-state index contributed by atoms with van der Waals surface area (Å²) in [5, 5.41) is 6.73. The van der Waals surface area contributed by atoms with Crippen molar-refractivity contribution in [1.82, 2.24) is 5.43 Å². The van der Waals surface area contributed by atoms with Crippen molar-refractivity contribution in [3.8, 4) is 11.5 Å². The average Bonchev–Trinajstić information content (AvgIpc) is 3.04. The fourth-order valence-corrected chi connectivity index (χ4v) is 6.11. The van der Waals surface area contributed by atoms with Gasteiger partial charge in [0.2, 0.25) is 0 Å². The van der Waals surface area contributed by atoms with Crippen molar-refractivity contribution < 1.29 is 22.7 Å². The lowest BCUT2D eigenvalue weighted by molar-refractivity contribution is -0.119. The maximum atomic E-state index is 13.7. The summed E-state index contributed by atoms with van der Waals surface area (Å²) in [6.07, 6.45) is 1.47. The van der Waals surface area contributed by atoms with Gasteiger partial charge in [-0.15, -0.1) is 0 Å². The Morgan fingerprint density at radius 1 is 0.864 bits per heavy atom. The van der Waals surface area contributed by atoms with Crippen LogP contribution in [0, 0.1) is 0 Å². The molecule has 0 fully saturated rings. The zero-order chi connectivity index (χ0) is 30.9. The fraction of sp³-hybridized carbons (Fsp3) is 0.118. The Bertz CT molecular complexity index is 1870. The summed E-state index contributed by atoms with van der Waals surface area (Å²) < 4.78 is 40.0. The van der Waals surface area contributed by atoms with Gasteiger partial charge in [0.25, 0.3) is 15.9 Å². The van der Waals surface area contributed by atoms with Crippen molar-refractivity contribution in [3.05, 3.63) is 131 Å². The maximum Gasteiger partial charge on any atom is 0.264 e. The Labute approximate surface area is 261 Å². The van der Waals surface area contributed by atoms with Crippen LogP contribution in [0.5, 0.6) is 11.5 Å². The van der Waals surface area contributed by atoms with Crippen molar-refractivity contribution >= 4 is 50.2 Å². The first-order valence-corrected chi connectivity index (χ1v) is 15.7. The van der Waals surface area contributed by atoms with Crippen LogP contribution in [0.4, 0.5) is 5.69 Å². The van der Waals surface area contributed by atoms with Crippen molar-refractivity contribution in [2.24, 2.45) is 5.10 Å². The summed E-state index contributed by atoms with van der Waals surface area (Å²) in [5.74, 6) is 0.377. The van der Waals surface area contributed by atoms with E-state index in [1.807, 2.05) is 48.5 Å². The number of carbonyl (C=O) groups excluding carboxylic acids is 1. The van der Waals surface area contributed by atoms with E-state index < -0.39 is 22.5 Å². The van der Waals surface area contributed by atoms with Crippen LogP contribution in [-0.4, -0.2) is 33.7 Å². The van der Waals surface area contributed by atoms with E-state index in [4.69, 9.17) is 21.1 Å². The number of benzene rings is 5. The zero-order valence-electron chi connectivity index (χ0n) is 23.9. The van der Waals surface area contributed by atoms with Gasteiger partial charge < -0.3 is 9.47 Å². The number of fused-ring (bicyclic) bond motifs is 1. The van der Waals surface area contributed by atoms with Crippen LogP contribution in [0.1, 0.15) is 18.1 Å².